The topological polar surface area (TPSA) is 75.7 Å². The molecule has 1 saturated heterocycles. The van der Waals surface area contributed by atoms with Gasteiger partial charge in [-0.3, -0.25) is 14.5 Å². The Balaban J connectivity index is 1.57. The van der Waals surface area contributed by atoms with Crippen molar-refractivity contribution in [2.75, 3.05) is 13.2 Å². The molecule has 4 rings (SSSR count). The Kier molecular flexibility index (Phi) is 4.45. The minimum absolute atomic E-state index is 0.0186. The molecule has 2 aromatic carbocycles. The van der Waals surface area contributed by atoms with Crippen LogP contribution >= 0.6 is 0 Å². The molecule has 150 valence electrons. The Bertz CT molecular complexity index is 991. The third kappa shape index (κ3) is 3.18. The fourth-order valence-electron chi connectivity index (χ4n) is 3.91. The highest BCUT2D eigenvalue weighted by molar-refractivity contribution is 6.11. The fraction of sp³-hybridized carbons (Fsp3) is 0.348. The number of para-hydroxylation sites is 1. The average molecular weight is 392 g/mol. The second kappa shape index (κ2) is 6.72. The van der Waals surface area contributed by atoms with Crippen LogP contribution in [-0.2, 0) is 15.7 Å². The van der Waals surface area contributed by atoms with Crippen molar-refractivity contribution in [3.05, 3.63) is 65.2 Å². The highest BCUT2D eigenvalue weighted by Gasteiger charge is 2.55. The van der Waals surface area contributed by atoms with E-state index in [9.17, 15) is 14.4 Å². The summed E-state index contributed by atoms with van der Waals surface area (Å²) < 4.78 is 5.63. The maximum absolute atomic E-state index is 13.2. The number of nitrogens with zero attached hydrogens (tertiary/aromatic N) is 1. The third-order valence-electron chi connectivity index (χ3n) is 5.63. The van der Waals surface area contributed by atoms with Gasteiger partial charge in [0.05, 0.1) is 13.2 Å². The van der Waals surface area contributed by atoms with E-state index in [1.807, 2.05) is 18.2 Å². The van der Waals surface area contributed by atoms with E-state index < -0.39 is 17.5 Å². The zero-order valence-electron chi connectivity index (χ0n) is 16.8. The van der Waals surface area contributed by atoms with Gasteiger partial charge in [-0.1, -0.05) is 63.2 Å². The zero-order valence-corrected chi connectivity index (χ0v) is 16.8. The molecule has 2 aromatic rings. The predicted molar refractivity (Wildman–Crippen MR) is 108 cm³/mol. The van der Waals surface area contributed by atoms with Gasteiger partial charge in [-0.25, -0.2) is 4.79 Å². The molecule has 1 atom stereocenters. The van der Waals surface area contributed by atoms with E-state index in [1.54, 1.807) is 30.3 Å². The van der Waals surface area contributed by atoms with Crippen LogP contribution in [0.5, 0.6) is 5.75 Å². The van der Waals surface area contributed by atoms with Crippen molar-refractivity contribution in [3.63, 3.8) is 0 Å². The van der Waals surface area contributed by atoms with Crippen LogP contribution in [0, 0.1) is 0 Å². The minimum Gasteiger partial charge on any atom is -0.493 e. The zero-order chi connectivity index (χ0) is 20.8. The minimum atomic E-state index is -1.16. The molecule has 0 aromatic heterocycles. The van der Waals surface area contributed by atoms with Crippen molar-refractivity contribution in [2.24, 2.45) is 0 Å². The van der Waals surface area contributed by atoms with Gasteiger partial charge in [0.2, 0.25) is 0 Å². The van der Waals surface area contributed by atoms with Crippen LogP contribution < -0.4 is 10.1 Å². The smallest absolute Gasteiger partial charge is 0.325 e. The summed E-state index contributed by atoms with van der Waals surface area (Å²) in [6.07, 6.45) is 0.333. The second-order valence-corrected chi connectivity index (χ2v) is 8.57. The Morgan fingerprint density at radius 3 is 2.48 bits per heavy atom. The highest BCUT2D eigenvalue weighted by atomic mass is 16.5. The maximum atomic E-state index is 13.2. The molecule has 2 heterocycles. The summed E-state index contributed by atoms with van der Waals surface area (Å²) in [6.45, 7) is 6.33. The van der Waals surface area contributed by atoms with Crippen molar-refractivity contribution in [1.82, 2.24) is 10.2 Å². The molecule has 1 N–H and O–H groups in total. The van der Waals surface area contributed by atoms with Gasteiger partial charge in [0.15, 0.2) is 11.3 Å². The van der Waals surface area contributed by atoms with Crippen LogP contribution in [0.3, 0.4) is 0 Å². The molecular formula is C23H24N2O4. The summed E-state index contributed by atoms with van der Waals surface area (Å²) >= 11 is 0. The lowest BCUT2D eigenvalue weighted by atomic mass is 9.84. The molecule has 3 amide bonds. The van der Waals surface area contributed by atoms with E-state index in [1.165, 1.54) is 0 Å². The van der Waals surface area contributed by atoms with Crippen molar-refractivity contribution in [2.45, 2.75) is 38.1 Å². The molecule has 6 heteroatoms. The number of amides is 3. The van der Waals surface area contributed by atoms with E-state index >= 15 is 0 Å². The van der Waals surface area contributed by atoms with Crippen LogP contribution in [0.2, 0.25) is 0 Å². The summed E-state index contributed by atoms with van der Waals surface area (Å²) in [5.74, 6) is -0.0948. The summed E-state index contributed by atoms with van der Waals surface area (Å²) in [5.41, 5.74) is 1.04. The molecule has 0 unspecified atom stereocenters. The number of rotatable bonds is 3. The number of carbonyl (C=O) groups excluding carboxylic acids is 3. The van der Waals surface area contributed by atoms with Crippen molar-refractivity contribution >= 4 is 17.7 Å². The Hall–Kier alpha value is -3.15. The first-order chi connectivity index (χ1) is 13.7. The molecule has 0 radical (unpaired) electrons. The number of hydrogen-bond donors (Lipinski definition) is 1. The van der Waals surface area contributed by atoms with Gasteiger partial charge in [-0.05, 0) is 17.0 Å². The van der Waals surface area contributed by atoms with Crippen molar-refractivity contribution in [1.29, 1.82) is 0 Å². The first-order valence-electron chi connectivity index (χ1n) is 9.72. The SMILES string of the molecule is CC(C)(C)c1ccc(C(=O)CN2C(=O)N[C@]3(CCOc4ccccc43)C2=O)cc1. The van der Waals surface area contributed by atoms with Crippen molar-refractivity contribution in [3.8, 4) is 5.75 Å². The van der Waals surface area contributed by atoms with E-state index in [2.05, 4.69) is 26.1 Å². The summed E-state index contributed by atoms with van der Waals surface area (Å²) in [5, 5.41) is 2.82. The van der Waals surface area contributed by atoms with Crippen LogP contribution in [-0.4, -0.2) is 35.8 Å². The van der Waals surface area contributed by atoms with Crippen LogP contribution in [0.4, 0.5) is 4.79 Å². The fourth-order valence-corrected chi connectivity index (χ4v) is 3.91. The van der Waals surface area contributed by atoms with Gasteiger partial charge in [0.1, 0.15) is 5.75 Å². The van der Waals surface area contributed by atoms with E-state index in [0.717, 1.165) is 10.5 Å². The van der Waals surface area contributed by atoms with Gasteiger partial charge in [-0.2, -0.15) is 0 Å². The number of carbonyl (C=O) groups is 3. The number of nitrogens with one attached hydrogen (secondary N) is 1. The predicted octanol–water partition coefficient (Wildman–Crippen LogP) is 3.40. The molecule has 0 aliphatic carbocycles. The van der Waals surface area contributed by atoms with Gasteiger partial charge in [-0.15, -0.1) is 0 Å². The molecule has 2 aliphatic heterocycles. The number of hydrogen-bond acceptors (Lipinski definition) is 4. The first kappa shape index (κ1) is 19.2. The Morgan fingerprint density at radius 2 is 1.79 bits per heavy atom. The number of urea groups is 1. The summed E-state index contributed by atoms with van der Waals surface area (Å²) in [7, 11) is 0. The Morgan fingerprint density at radius 1 is 1.10 bits per heavy atom. The summed E-state index contributed by atoms with van der Waals surface area (Å²) in [4.78, 5) is 39.7. The number of ketones is 1. The van der Waals surface area contributed by atoms with Gasteiger partial charge < -0.3 is 10.1 Å². The average Bonchev–Trinajstić information content (AvgIpc) is 2.92. The maximum Gasteiger partial charge on any atom is 0.325 e. The van der Waals surface area contributed by atoms with Crippen LogP contribution in [0.15, 0.2) is 48.5 Å². The molecule has 1 fully saturated rings. The molecule has 6 nitrogen and oxygen atoms in total. The largest absolute Gasteiger partial charge is 0.493 e. The molecule has 0 bridgehead atoms. The van der Waals surface area contributed by atoms with Gasteiger partial charge >= 0.3 is 6.03 Å². The summed E-state index contributed by atoms with van der Waals surface area (Å²) in [6, 6.07) is 14.0. The lowest BCUT2D eigenvalue weighted by Crippen LogP contribution is -2.47. The van der Waals surface area contributed by atoms with Crippen LogP contribution in [0.25, 0.3) is 0 Å². The number of Topliss-reactive ketones (excluding diaryl/α,β-unsaturated/α-hetero) is 1. The quantitative estimate of drug-likeness (QED) is 0.642. The van der Waals surface area contributed by atoms with Gasteiger partial charge in [0.25, 0.3) is 5.91 Å². The second-order valence-electron chi connectivity index (χ2n) is 8.57. The first-order valence-corrected chi connectivity index (χ1v) is 9.72. The number of imide groups is 1. The third-order valence-corrected chi connectivity index (χ3v) is 5.63. The number of ether oxygens (including phenoxy) is 1. The van der Waals surface area contributed by atoms with Crippen LogP contribution in [0.1, 0.15) is 48.7 Å². The lowest BCUT2D eigenvalue weighted by molar-refractivity contribution is -0.132. The highest BCUT2D eigenvalue weighted by Crippen LogP contribution is 2.41. The van der Waals surface area contributed by atoms with E-state index in [-0.39, 0.29) is 17.7 Å². The standard InChI is InChI=1S/C23H24N2O4/c1-22(2,3)16-10-8-15(9-11-16)18(26)14-25-20(27)23(24-21(25)28)12-13-29-19-7-5-4-6-17(19)23/h4-11H,12-14H2,1-3H3,(H,24,28)/t23-/m0/s1. The molecule has 0 saturated carbocycles. The molecular weight excluding hydrogens is 368 g/mol. The molecule has 1 spiro atoms. The van der Waals surface area contributed by atoms with E-state index in [0.29, 0.717) is 29.9 Å². The monoisotopic (exact) mass is 392 g/mol. The Labute approximate surface area is 169 Å². The van der Waals surface area contributed by atoms with E-state index in [4.69, 9.17) is 4.74 Å². The van der Waals surface area contributed by atoms with Crippen molar-refractivity contribution < 1.29 is 19.1 Å². The van der Waals surface area contributed by atoms with Gasteiger partial charge in [0, 0.05) is 17.5 Å². The molecule has 29 heavy (non-hydrogen) atoms. The normalized spacial score (nSPS) is 21.0. The lowest BCUT2D eigenvalue weighted by Gasteiger charge is -2.33. The number of fused-ring (bicyclic) bond motifs is 2. The molecule has 2 aliphatic rings. The number of benzene rings is 2.